The van der Waals surface area contributed by atoms with Crippen LogP contribution < -0.4 is 9.64 Å². The van der Waals surface area contributed by atoms with E-state index in [0.29, 0.717) is 24.5 Å². The van der Waals surface area contributed by atoms with E-state index >= 15 is 0 Å². The summed E-state index contributed by atoms with van der Waals surface area (Å²) in [7, 11) is 0. The van der Waals surface area contributed by atoms with E-state index in [2.05, 4.69) is 0 Å². The van der Waals surface area contributed by atoms with Gasteiger partial charge >= 0.3 is 0 Å². The van der Waals surface area contributed by atoms with E-state index in [1.54, 1.807) is 29.2 Å². The number of amides is 3. The highest BCUT2D eigenvalue weighted by Gasteiger charge is 2.50. The summed E-state index contributed by atoms with van der Waals surface area (Å²) in [6.07, 6.45) is 2.49. The second-order valence-corrected chi connectivity index (χ2v) is 7.86. The number of benzene rings is 1. The van der Waals surface area contributed by atoms with Crippen LogP contribution in [0.5, 0.6) is 5.75 Å². The number of hydrogen-bond acceptors (Lipinski definition) is 4. The SMILES string of the molecule is CCOc1ccc(N2C(=O)CC(N(C(=O)C3CC3)C(C)(C)CC)C2=O)cc1. The minimum Gasteiger partial charge on any atom is -0.494 e. The molecule has 6 nitrogen and oxygen atoms in total. The number of carbonyl (C=O) groups excluding carboxylic acids is 3. The third kappa shape index (κ3) is 3.70. The number of carbonyl (C=O) groups is 3. The first-order valence-corrected chi connectivity index (χ1v) is 9.73. The van der Waals surface area contributed by atoms with Gasteiger partial charge in [-0.15, -0.1) is 0 Å². The smallest absolute Gasteiger partial charge is 0.257 e. The zero-order chi connectivity index (χ0) is 19.8. The zero-order valence-electron chi connectivity index (χ0n) is 16.5. The number of imide groups is 1. The molecule has 1 aliphatic carbocycles. The van der Waals surface area contributed by atoms with Crippen molar-refractivity contribution in [1.82, 2.24) is 4.90 Å². The lowest BCUT2D eigenvalue weighted by Gasteiger charge is -2.41. The lowest BCUT2D eigenvalue weighted by atomic mass is 9.95. The van der Waals surface area contributed by atoms with Gasteiger partial charge in [-0.1, -0.05) is 6.92 Å². The highest BCUT2D eigenvalue weighted by molar-refractivity contribution is 6.23. The van der Waals surface area contributed by atoms with Crippen LogP contribution in [0.3, 0.4) is 0 Å². The van der Waals surface area contributed by atoms with Crippen molar-refractivity contribution in [3.8, 4) is 5.75 Å². The van der Waals surface area contributed by atoms with Crippen molar-refractivity contribution < 1.29 is 19.1 Å². The van der Waals surface area contributed by atoms with Gasteiger partial charge in [-0.25, -0.2) is 4.90 Å². The van der Waals surface area contributed by atoms with Gasteiger partial charge in [0.05, 0.1) is 18.7 Å². The third-order valence-electron chi connectivity index (χ3n) is 5.52. The molecule has 27 heavy (non-hydrogen) atoms. The number of ether oxygens (including phenoxy) is 1. The summed E-state index contributed by atoms with van der Waals surface area (Å²) in [5.74, 6) is 0.101. The molecule has 1 atom stereocenters. The van der Waals surface area contributed by atoms with E-state index < -0.39 is 11.6 Å². The van der Waals surface area contributed by atoms with Gasteiger partial charge in [0, 0.05) is 11.5 Å². The summed E-state index contributed by atoms with van der Waals surface area (Å²) >= 11 is 0. The number of rotatable bonds is 7. The Hall–Kier alpha value is -2.37. The molecule has 1 aliphatic heterocycles. The van der Waals surface area contributed by atoms with Crippen LogP contribution in [0.4, 0.5) is 5.69 Å². The maximum absolute atomic E-state index is 13.2. The quantitative estimate of drug-likeness (QED) is 0.690. The Labute approximate surface area is 160 Å². The van der Waals surface area contributed by atoms with Crippen molar-refractivity contribution in [1.29, 1.82) is 0 Å². The first-order chi connectivity index (χ1) is 12.8. The molecule has 1 saturated heterocycles. The van der Waals surface area contributed by atoms with Crippen LogP contribution >= 0.6 is 0 Å². The van der Waals surface area contributed by atoms with Gasteiger partial charge in [-0.2, -0.15) is 0 Å². The molecule has 1 heterocycles. The van der Waals surface area contributed by atoms with Gasteiger partial charge in [-0.05, 0) is 64.3 Å². The van der Waals surface area contributed by atoms with E-state index in [9.17, 15) is 14.4 Å². The van der Waals surface area contributed by atoms with E-state index in [-0.39, 0.29) is 30.1 Å². The minimum atomic E-state index is -0.730. The molecule has 6 heteroatoms. The fourth-order valence-electron chi connectivity index (χ4n) is 3.52. The molecule has 2 aliphatic rings. The summed E-state index contributed by atoms with van der Waals surface area (Å²) in [6, 6.07) is 6.18. The lowest BCUT2D eigenvalue weighted by molar-refractivity contribution is -0.146. The van der Waals surface area contributed by atoms with Gasteiger partial charge < -0.3 is 9.64 Å². The monoisotopic (exact) mass is 372 g/mol. The van der Waals surface area contributed by atoms with Gasteiger partial charge in [-0.3, -0.25) is 14.4 Å². The van der Waals surface area contributed by atoms with Crippen LogP contribution in [-0.2, 0) is 14.4 Å². The highest BCUT2D eigenvalue weighted by Crippen LogP contribution is 2.38. The van der Waals surface area contributed by atoms with Crippen molar-refractivity contribution >= 4 is 23.4 Å². The molecule has 0 spiro atoms. The Kier molecular flexibility index (Phi) is 5.27. The fourth-order valence-corrected chi connectivity index (χ4v) is 3.52. The highest BCUT2D eigenvalue weighted by atomic mass is 16.5. The van der Waals surface area contributed by atoms with E-state index in [1.165, 1.54) is 4.90 Å². The van der Waals surface area contributed by atoms with Crippen LogP contribution in [0.15, 0.2) is 24.3 Å². The largest absolute Gasteiger partial charge is 0.494 e. The second kappa shape index (κ2) is 7.33. The van der Waals surface area contributed by atoms with Gasteiger partial charge in [0.2, 0.25) is 11.8 Å². The van der Waals surface area contributed by atoms with Crippen LogP contribution in [0, 0.1) is 5.92 Å². The van der Waals surface area contributed by atoms with E-state index in [4.69, 9.17) is 4.74 Å². The van der Waals surface area contributed by atoms with Crippen LogP contribution in [-0.4, -0.2) is 40.8 Å². The molecule has 1 unspecified atom stereocenters. The van der Waals surface area contributed by atoms with Gasteiger partial charge in [0.15, 0.2) is 0 Å². The van der Waals surface area contributed by atoms with E-state index in [1.807, 2.05) is 27.7 Å². The maximum Gasteiger partial charge on any atom is 0.257 e. The van der Waals surface area contributed by atoms with Crippen molar-refractivity contribution in [3.63, 3.8) is 0 Å². The van der Waals surface area contributed by atoms with Crippen LogP contribution in [0.2, 0.25) is 0 Å². The van der Waals surface area contributed by atoms with Crippen molar-refractivity contribution in [2.24, 2.45) is 5.92 Å². The third-order valence-corrected chi connectivity index (χ3v) is 5.52. The predicted octanol–water partition coefficient (Wildman–Crippen LogP) is 3.14. The van der Waals surface area contributed by atoms with Gasteiger partial charge in [0.25, 0.3) is 5.91 Å². The molecule has 0 aromatic heterocycles. The summed E-state index contributed by atoms with van der Waals surface area (Å²) in [6.45, 7) is 8.37. The normalized spacial score (nSPS) is 20.1. The Balaban J connectivity index is 1.88. The van der Waals surface area contributed by atoms with Crippen molar-refractivity contribution in [2.75, 3.05) is 11.5 Å². The molecule has 0 radical (unpaired) electrons. The first kappa shape index (κ1) is 19.4. The predicted molar refractivity (Wildman–Crippen MR) is 102 cm³/mol. The molecule has 1 saturated carbocycles. The number of nitrogens with zero attached hydrogens (tertiary/aromatic N) is 2. The molecule has 146 valence electrons. The fraction of sp³-hybridized carbons (Fsp3) is 0.571. The summed E-state index contributed by atoms with van der Waals surface area (Å²) in [5, 5.41) is 0. The molecule has 3 rings (SSSR count). The number of anilines is 1. The maximum atomic E-state index is 13.2. The molecule has 1 aromatic rings. The molecule has 0 N–H and O–H groups in total. The molecular formula is C21H28N2O4. The average molecular weight is 372 g/mol. The Morgan fingerprint density at radius 1 is 1.19 bits per heavy atom. The Morgan fingerprint density at radius 3 is 2.33 bits per heavy atom. The summed E-state index contributed by atoms with van der Waals surface area (Å²) in [4.78, 5) is 41.7. The Morgan fingerprint density at radius 2 is 1.81 bits per heavy atom. The first-order valence-electron chi connectivity index (χ1n) is 9.73. The van der Waals surface area contributed by atoms with Crippen molar-refractivity contribution in [3.05, 3.63) is 24.3 Å². The minimum absolute atomic E-state index is 0.00143. The van der Waals surface area contributed by atoms with Gasteiger partial charge in [0.1, 0.15) is 11.8 Å². The zero-order valence-corrected chi connectivity index (χ0v) is 16.5. The molecule has 0 bridgehead atoms. The van der Waals surface area contributed by atoms with E-state index in [0.717, 1.165) is 12.8 Å². The molecule has 3 amide bonds. The number of hydrogen-bond donors (Lipinski definition) is 0. The average Bonchev–Trinajstić information content (AvgIpc) is 3.44. The molecular weight excluding hydrogens is 344 g/mol. The lowest BCUT2D eigenvalue weighted by Crippen LogP contribution is -2.56. The van der Waals surface area contributed by atoms with Crippen molar-refractivity contribution in [2.45, 2.75) is 65.0 Å². The second-order valence-electron chi connectivity index (χ2n) is 7.86. The summed E-state index contributed by atoms with van der Waals surface area (Å²) < 4.78 is 5.42. The topological polar surface area (TPSA) is 66.9 Å². The van der Waals surface area contributed by atoms with Crippen LogP contribution in [0.1, 0.15) is 53.4 Å². The Bertz CT molecular complexity index is 737. The van der Waals surface area contributed by atoms with Crippen LogP contribution in [0.25, 0.3) is 0 Å². The standard InChI is InChI=1S/C21H28N2O4/c1-5-21(3,4)23(19(25)14-7-8-14)17-13-18(24)22(20(17)26)15-9-11-16(12-10-15)27-6-2/h9-12,14,17H,5-8,13H2,1-4H3. The summed E-state index contributed by atoms with van der Waals surface area (Å²) in [5.41, 5.74) is 0.0406. The molecule has 1 aromatic carbocycles. The molecule has 2 fully saturated rings.